The lowest BCUT2D eigenvalue weighted by Gasteiger charge is -2.09. The van der Waals surface area contributed by atoms with E-state index in [9.17, 15) is 18.0 Å². The molecule has 1 aromatic carbocycles. The van der Waals surface area contributed by atoms with Crippen LogP contribution in [-0.4, -0.2) is 34.0 Å². The Morgan fingerprint density at radius 1 is 1.12 bits per heavy atom. The van der Waals surface area contributed by atoms with E-state index in [1.54, 1.807) is 43.7 Å². The number of nitrogens with one attached hydrogen (secondary N) is 3. The second-order valence-corrected chi connectivity index (χ2v) is 10.4. The second kappa shape index (κ2) is 7.83. The molecule has 166 valence electrons. The van der Waals surface area contributed by atoms with Gasteiger partial charge in [0.15, 0.2) is 0 Å². The van der Waals surface area contributed by atoms with Gasteiger partial charge in [-0.05, 0) is 54.8 Å². The van der Waals surface area contributed by atoms with E-state index in [-0.39, 0.29) is 15.5 Å². The third-order valence-electron chi connectivity index (χ3n) is 4.90. The molecule has 0 bridgehead atoms. The summed E-state index contributed by atoms with van der Waals surface area (Å²) >= 11 is 1.06. The molecule has 3 N–H and O–H groups in total. The topological polar surface area (TPSA) is 139 Å². The van der Waals surface area contributed by atoms with Crippen LogP contribution in [0.3, 0.4) is 0 Å². The molecule has 0 saturated heterocycles. The lowest BCUT2D eigenvalue weighted by molar-refractivity contribution is 0.256. The Kier molecular flexibility index (Phi) is 4.95. The average Bonchev–Trinajstić information content (AvgIpc) is 3.42. The van der Waals surface area contributed by atoms with E-state index in [1.807, 2.05) is 10.8 Å². The van der Waals surface area contributed by atoms with Gasteiger partial charge in [-0.1, -0.05) is 0 Å². The van der Waals surface area contributed by atoms with E-state index < -0.39 is 16.1 Å². The minimum Gasteiger partial charge on any atom is -0.345 e. The van der Waals surface area contributed by atoms with E-state index in [2.05, 4.69) is 20.3 Å². The minimum atomic E-state index is -3.96. The number of aromatic nitrogens is 4. The van der Waals surface area contributed by atoms with Gasteiger partial charge in [-0.25, -0.2) is 27.9 Å². The molecule has 0 spiro atoms. The number of amides is 2. The lowest BCUT2D eigenvalue weighted by Crippen LogP contribution is -2.34. The smallest absolute Gasteiger partial charge is 0.333 e. The molecule has 4 aromatic heterocycles. The zero-order valence-corrected chi connectivity index (χ0v) is 18.7. The fourth-order valence-electron chi connectivity index (χ4n) is 3.34. The van der Waals surface area contributed by atoms with Crippen LogP contribution in [0, 0.1) is 6.92 Å². The molecule has 0 radical (unpaired) electrons. The number of aryl methyl sites for hydroxylation is 1. The van der Waals surface area contributed by atoms with Crippen molar-refractivity contribution in [2.75, 3.05) is 5.32 Å². The molecular weight excluding hydrogens is 464 g/mol. The number of imidazole rings is 1. The highest BCUT2D eigenvalue weighted by molar-refractivity contribution is 7.92. The number of H-pyrrole nitrogens is 1. The van der Waals surface area contributed by atoms with Crippen LogP contribution in [0.2, 0.25) is 0 Å². The minimum absolute atomic E-state index is 0.0479. The van der Waals surface area contributed by atoms with Gasteiger partial charge in [0, 0.05) is 16.5 Å². The number of sulfonamides is 1. The highest BCUT2D eigenvalue weighted by Crippen LogP contribution is 2.21. The number of carbonyl (C=O) groups excluding carboxylic acids is 1. The summed E-state index contributed by atoms with van der Waals surface area (Å²) in [6.45, 7) is 1.77. The van der Waals surface area contributed by atoms with Gasteiger partial charge in [0.05, 0.1) is 29.2 Å². The fraction of sp³-hybridized carbons (Fsp3) is 0.0476. The maximum absolute atomic E-state index is 13.0. The standard InChI is InChI=1S/C21H16N6O4S2/c1-12-2-5-19(32-12)33(30,31)26-21(29)25-14-3-4-18(22-10-14)27-7-6-13-8-16-17(24-11-23-16)9-15(13)20(27)28/h2-11H,1H3,(H,23,24)(H2,25,26,29). The molecule has 0 aliphatic carbocycles. The predicted octanol–water partition coefficient (Wildman–Crippen LogP) is 3.14. The SMILES string of the molecule is Cc1ccc(S(=O)(=O)NC(=O)Nc2ccc(-n3ccc4cc5nc[nH]c5cc4c3=O)nc2)s1. The normalized spacial score (nSPS) is 11.7. The van der Waals surface area contributed by atoms with Gasteiger partial charge in [-0.2, -0.15) is 0 Å². The van der Waals surface area contributed by atoms with Crippen LogP contribution in [-0.2, 0) is 10.0 Å². The monoisotopic (exact) mass is 480 g/mol. The molecule has 0 aliphatic rings. The third kappa shape index (κ3) is 3.97. The van der Waals surface area contributed by atoms with Gasteiger partial charge in [-0.3, -0.25) is 9.36 Å². The van der Waals surface area contributed by atoms with Crippen molar-refractivity contribution in [2.24, 2.45) is 0 Å². The first-order chi connectivity index (χ1) is 15.8. The molecule has 0 atom stereocenters. The van der Waals surface area contributed by atoms with E-state index in [4.69, 9.17) is 0 Å². The van der Waals surface area contributed by atoms with Crippen molar-refractivity contribution in [2.45, 2.75) is 11.1 Å². The van der Waals surface area contributed by atoms with Crippen LogP contribution in [0.1, 0.15) is 4.88 Å². The Labute approximate surface area is 191 Å². The van der Waals surface area contributed by atoms with Gasteiger partial charge in [0.1, 0.15) is 10.0 Å². The maximum atomic E-state index is 13.0. The van der Waals surface area contributed by atoms with Crippen LogP contribution < -0.4 is 15.6 Å². The van der Waals surface area contributed by atoms with Gasteiger partial charge in [0.25, 0.3) is 15.6 Å². The summed E-state index contributed by atoms with van der Waals surface area (Å²) in [7, 11) is -3.96. The second-order valence-electron chi connectivity index (χ2n) is 7.18. The zero-order chi connectivity index (χ0) is 23.2. The Balaban J connectivity index is 1.36. The highest BCUT2D eigenvalue weighted by Gasteiger charge is 2.19. The average molecular weight is 481 g/mol. The molecule has 0 unspecified atom stereocenters. The summed E-state index contributed by atoms with van der Waals surface area (Å²) in [6, 6.07) is 10.6. The molecule has 33 heavy (non-hydrogen) atoms. The summed E-state index contributed by atoms with van der Waals surface area (Å²) in [5.74, 6) is 0.347. The number of aromatic amines is 1. The van der Waals surface area contributed by atoms with Gasteiger partial charge in [0.2, 0.25) is 0 Å². The number of hydrogen-bond acceptors (Lipinski definition) is 7. The summed E-state index contributed by atoms with van der Waals surface area (Å²) in [6.07, 6.45) is 4.52. The summed E-state index contributed by atoms with van der Waals surface area (Å²) in [5, 5.41) is 3.69. The van der Waals surface area contributed by atoms with Crippen LogP contribution in [0.5, 0.6) is 0 Å². The predicted molar refractivity (Wildman–Crippen MR) is 125 cm³/mol. The zero-order valence-electron chi connectivity index (χ0n) is 17.1. The molecule has 0 saturated carbocycles. The van der Waals surface area contributed by atoms with Gasteiger partial charge in [-0.15, -0.1) is 11.3 Å². The quantitative estimate of drug-likeness (QED) is 0.361. The number of rotatable bonds is 4. The Morgan fingerprint density at radius 2 is 1.97 bits per heavy atom. The molecule has 0 aliphatic heterocycles. The van der Waals surface area contributed by atoms with Crippen molar-refractivity contribution in [1.29, 1.82) is 0 Å². The van der Waals surface area contributed by atoms with E-state index >= 15 is 0 Å². The van der Waals surface area contributed by atoms with Crippen LogP contribution in [0.15, 0.2) is 70.2 Å². The molecule has 5 rings (SSSR count). The largest absolute Gasteiger partial charge is 0.345 e. The van der Waals surface area contributed by atoms with Crippen LogP contribution in [0.25, 0.3) is 27.6 Å². The van der Waals surface area contributed by atoms with Crippen molar-refractivity contribution < 1.29 is 13.2 Å². The number of anilines is 1. The first-order valence-corrected chi connectivity index (χ1v) is 12.0. The highest BCUT2D eigenvalue weighted by atomic mass is 32.2. The molecule has 0 fully saturated rings. The molecule has 4 heterocycles. The Morgan fingerprint density at radius 3 is 2.70 bits per heavy atom. The number of nitrogens with zero attached hydrogens (tertiary/aromatic N) is 3. The first-order valence-electron chi connectivity index (χ1n) is 9.65. The molecule has 10 nitrogen and oxygen atoms in total. The van der Waals surface area contributed by atoms with Crippen LogP contribution >= 0.6 is 11.3 Å². The van der Waals surface area contributed by atoms with E-state index in [1.165, 1.54) is 22.9 Å². The third-order valence-corrected chi connectivity index (χ3v) is 7.73. The molecule has 2 amide bonds. The van der Waals surface area contributed by atoms with Gasteiger partial charge >= 0.3 is 6.03 Å². The first kappa shape index (κ1) is 20.8. The fourth-order valence-corrected chi connectivity index (χ4v) is 5.53. The number of hydrogen-bond donors (Lipinski definition) is 3. The number of fused-ring (bicyclic) bond motifs is 2. The molecular formula is C21H16N6O4S2. The van der Waals surface area contributed by atoms with Crippen molar-refractivity contribution in [3.8, 4) is 5.82 Å². The maximum Gasteiger partial charge on any atom is 0.333 e. The lowest BCUT2D eigenvalue weighted by atomic mass is 10.1. The van der Waals surface area contributed by atoms with E-state index in [0.29, 0.717) is 11.2 Å². The number of urea groups is 1. The Bertz CT molecular complexity index is 1680. The van der Waals surface area contributed by atoms with Crippen molar-refractivity contribution in [1.82, 2.24) is 24.2 Å². The van der Waals surface area contributed by atoms with Crippen molar-refractivity contribution in [3.05, 3.63) is 76.4 Å². The molecule has 12 heteroatoms. The van der Waals surface area contributed by atoms with Gasteiger partial charge < -0.3 is 10.3 Å². The number of thiophene rings is 1. The van der Waals surface area contributed by atoms with Crippen molar-refractivity contribution >= 4 is 54.9 Å². The number of carbonyl (C=O) groups is 1. The van der Waals surface area contributed by atoms with E-state index in [0.717, 1.165) is 32.6 Å². The summed E-state index contributed by atoms with van der Waals surface area (Å²) in [5.41, 5.74) is 1.53. The van der Waals surface area contributed by atoms with Crippen LogP contribution in [0.4, 0.5) is 10.5 Å². The summed E-state index contributed by atoms with van der Waals surface area (Å²) in [4.78, 5) is 37.4. The van der Waals surface area contributed by atoms with Crippen molar-refractivity contribution in [3.63, 3.8) is 0 Å². The Hall–Kier alpha value is -4.03. The molecule has 5 aromatic rings. The summed E-state index contributed by atoms with van der Waals surface area (Å²) < 4.78 is 27.9. The number of pyridine rings is 2. The number of benzene rings is 1.